The number of rotatable bonds is 10. The molecule has 2 amide bonds. The van der Waals surface area contributed by atoms with Crippen molar-refractivity contribution >= 4 is 49.9 Å². The Balaban J connectivity index is 1.68. The number of amides is 2. The van der Waals surface area contributed by atoms with Gasteiger partial charge in [0.1, 0.15) is 12.6 Å². The SMILES string of the molecule is CC[C@@H](C(=O)NC1CCCC1)N(Cc1ccc(Cl)cc1)C(=O)CN(c1cccc2ccccc12)S(C)(=O)=O. The summed E-state index contributed by atoms with van der Waals surface area (Å²) in [6.45, 7) is 1.59. The molecule has 0 spiro atoms. The van der Waals surface area contributed by atoms with Crippen LogP contribution in [0.4, 0.5) is 5.69 Å². The first-order chi connectivity index (χ1) is 18.2. The molecule has 1 atom stereocenters. The highest BCUT2D eigenvalue weighted by Crippen LogP contribution is 2.29. The van der Waals surface area contributed by atoms with Crippen molar-refractivity contribution in [2.75, 3.05) is 17.1 Å². The van der Waals surface area contributed by atoms with E-state index in [1.54, 1.807) is 24.3 Å². The molecule has 0 bridgehead atoms. The van der Waals surface area contributed by atoms with Crippen molar-refractivity contribution in [3.8, 4) is 0 Å². The lowest BCUT2D eigenvalue weighted by Crippen LogP contribution is -2.53. The Kier molecular flexibility index (Phi) is 8.95. The van der Waals surface area contributed by atoms with Gasteiger partial charge in [0.25, 0.3) is 0 Å². The molecule has 4 rings (SSSR count). The smallest absolute Gasteiger partial charge is 0.244 e. The van der Waals surface area contributed by atoms with Gasteiger partial charge in [-0.3, -0.25) is 13.9 Å². The van der Waals surface area contributed by atoms with Gasteiger partial charge in [-0.1, -0.05) is 79.9 Å². The average Bonchev–Trinajstić information content (AvgIpc) is 3.40. The average molecular weight is 556 g/mol. The number of fused-ring (bicyclic) bond motifs is 1. The summed E-state index contributed by atoms with van der Waals surface area (Å²) in [4.78, 5) is 28.8. The third-order valence-electron chi connectivity index (χ3n) is 7.07. The summed E-state index contributed by atoms with van der Waals surface area (Å²) in [5.74, 6) is -0.662. The van der Waals surface area contributed by atoms with Crippen LogP contribution in [0.25, 0.3) is 10.8 Å². The maximum absolute atomic E-state index is 13.9. The van der Waals surface area contributed by atoms with Gasteiger partial charge < -0.3 is 10.2 Å². The Morgan fingerprint density at radius 2 is 1.66 bits per heavy atom. The molecule has 1 fully saturated rings. The molecule has 0 unspecified atom stereocenters. The summed E-state index contributed by atoms with van der Waals surface area (Å²) in [6, 6.07) is 19.3. The minimum atomic E-state index is -3.82. The Labute approximate surface area is 229 Å². The number of carbonyl (C=O) groups excluding carboxylic acids is 2. The monoisotopic (exact) mass is 555 g/mol. The summed E-state index contributed by atoms with van der Waals surface area (Å²) in [6.07, 6.45) is 5.49. The third kappa shape index (κ3) is 6.66. The number of sulfonamides is 1. The van der Waals surface area contributed by atoms with Crippen molar-refractivity contribution in [1.82, 2.24) is 10.2 Å². The van der Waals surface area contributed by atoms with Gasteiger partial charge in [0.2, 0.25) is 21.8 Å². The fourth-order valence-electron chi connectivity index (χ4n) is 5.09. The number of nitrogens with one attached hydrogen (secondary N) is 1. The molecule has 0 aliphatic heterocycles. The highest BCUT2D eigenvalue weighted by atomic mass is 35.5. The largest absolute Gasteiger partial charge is 0.352 e. The van der Waals surface area contributed by atoms with Crippen LogP contribution < -0.4 is 9.62 Å². The third-order valence-corrected chi connectivity index (χ3v) is 8.45. The number of hydrogen-bond acceptors (Lipinski definition) is 4. The second-order valence-electron chi connectivity index (χ2n) is 9.83. The van der Waals surface area contributed by atoms with Crippen molar-refractivity contribution in [3.05, 3.63) is 77.3 Å². The summed E-state index contributed by atoms with van der Waals surface area (Å²) in [5.41, 5.74) is 1.22. The van der Waals surface area contributed by atoms with Crippen molar-refractivity contribution in [3.63, 3.8) is 0 Å². The molecule has 7 nitrogen and oxygen atoms in total. The summed E-state index contributed by atoms with van der Waals surface area (Å²) < 4.78 is 27.1. The van der Waals surface area contributed by atoms with Crippen LogP contribution in [0.5, 0.6) is 0 Å². The first kappa shape index (κ1) is 27.9. The first-order valence-corrected chi connectivity index (χ1v) is 15.2. The van der Waals surface area contributed by atoms with Gasteiger partial charge >= 0.3 is 0 Å². The van der Waals surface area contributed by atoms with E-state index in [1.807, 2.05) is 49.4 Å². The number of halogens is 1. The molecule has 0 aromatic heterocycles. The molecule has 0 radical (unpaired) electrons. The standard InChI is InChI=1S/C29H34ClN3O4S/c1-3-26(29(35)31-24-11-5-6-12-24)32(19-21-15-17-23(30)18-16-21)28(34)20-33(38(2,36)37)27-14-8-10-22-9-4-7-13-25(22)27/h4,7-10,13-18,24,26H,3,5-6,11-12,19-20H2,1-2H3,(H,31,35)/t26-/m0/s1. The van der Waals surface area contributed by atoms with Crippen LogP contribution in [0.3, 0.4) is 0 Å². The van der Waals surface area contributed by atoms with Gasteiger partial charge in [0.05, 0.1) is 11.9 Å². The molecular weight excluding hydrogens is 522 g/mol. The molecule has 202 valence electrons. The van der Waals surface area contributed by atoms with Gasteiger partial charge in [-0.15, -0.1) is 0 Å². The molecule has 3 aromatic carbocycles. The van der Waals surface area contributed by atoms with Crippen molar-refractivity contribution in [1.29, 1.82) is 0 Å². The van der Waals surface area contributed by atoms with Crippen LogP contribution in [-0.4, -0.2) is 50.0 Å². The first-order valence-electron chi connectivity index (χ1n) is 13.0. The normalized spacial score (nSPS) is 14.8. The van der Waals surface area contributed by atoms with E-state index in [-0.39, 0.29) is 18.5 Å². The molecule has 3 aromatic rings. The highest BCUT2D eigenvalue weighted by molar-refractivity contribution is 7.92. The Morgan fingerprint density at radius 3 is 2.32 bits per heavy atom. The van der Waals surface area contributed by atoms with Crippen LogP contribution in [-0.2, 0) is 26.2 Å². The van der Waals surface area contributed by atoms with Crippen LogP contribution >= 0.6 is 11.6 Å². The van der Waals surface area contributed by atoms with Gasteiger partial charge in [-0.05, 0) is 48.4 Å². The van der Waals surface area contributed by atoms with E-state index in [1.165, 1.54) is 4.90 Å². The number of nitrogens with zero attached hydrogens (tertiary/aromatic N) is 2. The molecule has 1 aliphatic rings. The zero-order valence-corrected chi connectivity index (χ0v) is 23.3. The minimum absolute atomic E-state index is 0.104. The van der Waals surface area contributed by atoms with Gasteiger partial charge in [0.15, 0.2) is 0 Å². The predicted octanol–water partition coefficient (Wildman–Crippen LogP) is 5.13. The van der Waals surface area contributed by atoms with E-state index in [4.69, 9.17) is 11.6 Å². The number of benzene rings is 3. The predicted molar refractivity (Wildman–Crippen MR) is 153 cm³/mol. The van der Waals surface area contributed by atoms with Crippen molar-refractivity contribution < 1.29 is 18.0 Å². The Morgan fingerprint density at radius 1 is 1.00 bits per heavy atom. The van der Waals surface area contributed by atoms with E-state index in [9.17, 15) is 18.0 Å². The summed E-state index contributed by atoms with van der Waals surface area (Å²) in [7, 11) is -3.82. The highest BCUT2D eigenvalue weighted by Gasteiger charge is 2.33. The lowest BCUT2D eigenvalue weighted by molar-refractivity contribution is -0.140. The molecule has 1 aliphatic carbocycles. The van der Waals surface area contributed by atoms with Crippen molar-refractivity contribution in [2.45, 2.75) is 57.7 Å². The van der Waals surface area contributed by atoms with Gasteiger partial charge in [0, 0.05) is 23.0 Å². The van der Waals surface area contributed by atoms with Crippen LogP contribution in [0, 0.1) is 0 Å². The quantitative estimate of drug-likeness (QED) is 0.376. The van der Waals surface area contributed by atoms with Crippen molar-refractivity contribution in [2.24, 2.45) is 0 Å². The molecule has 1 N–H and O–H groups in total. The molecule has 38 heavy (non-hydrogen) atoms. The second kappa shape index (κ2) is 12.2. The molecule has 0 heterocycles. The number of carbonyl (C=O) groups is 2. The molecule has 1 saturated carbocycles. The lowest BCUT2D eigenvalue weighted by Gasteiger charge is -2.33. The maximum Gasteiger partial charge on any atom is 0.244 e. The number of anilines is 1. The van der Waals surface area contributed by atoms with E-state index in [0.717, 1.165) is 52.6 Å². The van der Waals surface area contributed by atoms with E-state index < -0.39 is 28.5 Å². The van der Waals surface area contributed by atoms with Crippen LogP contribution in [0.15, 0.2) is 66.7 Å². The van der Waals surface area contributed by atoms with Crippen LogP contribution in [0.1, 0.15) is 44.6 Å². The lowest BCUT2D eigenvalue weighted by atomic mass is 10.1. The molecular formula is C29H34ClN3O4S. The Bertz CT molecular complexity index is 1380. The van der Waals surface area contributed by atoms with Gasteiger partial charge in [-0.25, -0.2) is 8.42 Å². The second-order valence-corrected chi connectivity index (χ2v) is 12.2. The fraction of sp³-hybridized carbons (Fsp3) is 0.379. The number of hydrogen-bond donors (Lipinski definition) is 1. The Hall–Kier alpha value is -3.10. The topological polar surface area (TPSA) is 86.8 Å². The van der Waals surface area contributed by atoms with Gasteiger partial charge in [-0.2, -0.15) is 0 Å². The molecule has 0 saturated heterocycles. The zero-order valence-electron chi connectivity index (χ0n) is 21.8. The maximum atomic E-state index is 13.9. The molecule has 9 heteroatoms. The van der Waals surface area contributed by atoms with E-state index in [0.29, 0.717) is 17.1 Å². The summed E-state index contributed by atoms with van der Waals surface area (Å²) in [5, 5.41) is 5.27. The minimum Gasteiger partial charge on any atom is -0.352 e. The van der Waals surface area contributed by atoms with E-state index >= 15 is 0 Å². The zero-order chi connectivity index (χ0) is 27.3. The summed E-state index contributed by atoms with van der Waals surface area (Å²) >= 11 is 6.06. The fourth-order valence-corrected chi connectivity index (χ4v) is 6.08. The van der Waals surface area contributed by atoms with Crippen LogP contribution in [0.2, 0.25) is 5.02 Å². The van der Waals surface area contributed by atoms with E-state index in [2.05, 4.69) is 5.32 Å².